The molecule has 1 heterocycles. The van der Waals surface area contributed by atoms with Gasteiger partial charge in [0.1, 0.15) is 10.8 Å². The molecule has 1 aromatic heterocycles. The van der Waals surface area contributed by atoms with E-state index in [2.05, 4.69) is 27.5 Å². The third-order valence-electron chi connectivity index (χ3n) is 3.32. The molecule has 0 fully saturated rings. The molecule has 0 aliphatic heterocycles. The zero-order valence-electron chi connectivity index (χ0n) is 13.8. The monoisotopic (exact) mass is 446 g/mol. The van der Waals surface area contributed by atoms with Crippen LogP contribution in [0.2, 0.25) is 0 Å². The molecular weight excluding hydrogens is 423 g/mol. The Bertz CT molecular complexity index is 621. The number of aromatic nitrogens is 1. The van der Waals surface area contributed by atoms with Gasteiger partial charge in [-0.15, -0.1) is 35.3 Å². The van der Waals surface area contributed by atoms with E-state index in [-0.39, 0.29) is 24.0 Å². The van der Waals surface area contributed by atoms with Crippen molar-refractivity contribution >= 4 is 41.3 Å². The summed E-state index contributed by atoms with van der Waals surface area (Å²) in [5.41, 5.74) is 2.27. The van der Waals surface area contributed by atoms with Crippen LogP contribution >= 0.6 is 35.3 Å². The zero-order chi connectivity index (χ0) is 15.9. The fourth-order valence-electron chi connectivity index (χ4n) is 1.92. The van der Waals surface area contributed by atoms with Gasteiger partial charge in [-0.2, -0.15) is 0 Å². The quantitative estimate of drug-likeness (QED) is 0.421. The number of rotatable bonds is 5. The molecule has 1 aromatic carbocycles. The molecule has 0 amide bonds. The molecule has 0 bridgehead atoms. The summed E-state index contributed by atoms with van der Waals surface area (Å²) in [4.78, 5) is 10.0. The van der Waals surface area contributed by atoms with Crippen LogP contribution in [0.1, 0.15) is 21.1 Å². The Morgan fingerprint density at radius 2 is 1.83 bits per heavy atom. The highest BCUT2D eigenvalue weighted by Gasteiger charge is 2.05. The maximum absolute atomic E-state index is 5.15. The molecule has 0 unspecified atom stereocenters. The van der Waals surface area contributed by atoms with Crippen molar-refractivity contribution in [1.29, 1.82) is 0 Å². The second kappa shape index (κ2) is 9.71. The lowest BCUT2D eigenvalue weighted by molar-refractivity contribution is 0.414. The average molecular weight is 446 g/mol. The van der Waals surface area contributed by atoms with Gasteiger partial charge in [-0.3, -0.25) is 4.99 Å². The summed E-state index contributed by atoms with van der Waals surface area (Å²) >= 11 is 1.72. The van der Waals surface area contributed by atoms with Gasteiger partial charge < -0.3 is 15.4 Å². The van der Waals surface area contributed by atoms with Crippen LogP contribution < -0.4 is 15.4 Å². The second-order valence-electron chi connectivity index (χ2n) is 4.88. The van der Waals surface area contributed by atoms with E-state index < -0.39 is 0 Å². The lowest BCUT2D eigenvalue weighted by atomic mass is 10.2. The van der Waals surface area contributed by atoms with Gasteiger partial charge >= 0.3 is 0 Å². The van der Waals surface area contributed by atoms with Gasteiger partial charge in [0.2, 0.25) is 0 Å². The third-order valence-corrected chi connectivity index (χ3v) is 4.40. The molecule has 2 aromatic rings. The van der Waals surface area contributed by atoms with Gasteiger partial charge in [0, 0.05) is 18.5 Å². The maximum atomic E-state index is 5.15. The molecule has 126 valence electrons. The van der Waals surface area contributed by atoms with E-state index >= 15 is 0 Å². The zero-order valence-corrected chi connectivity index (χ0v) is 17.0. The highest BCUT2D eigenvalue weighted by atomic mass is 127. The number of hydrogen-bond acceptors (Lipinski definition) is 4. The second-order valence-corrected chi connectivity index (χ2v) is 6.16. The Morgan fingerprint density at radius 1 is 1.17 bits per heavy atom. The van der Waals surface area contributed by atoms with Gasteiger partial charge in [-0.05, 0) is 31.5 Å². The Hall–Kier alpha value is -1.35. The topological polar surface area (TPSA) is 58.5 Å². The average Bonchev–Trinajstić information content (AvgIpc) is 2.86. The molecule has 0 atom stereocenters. The first-order valence-corrected chi connectivity index (χ1v) is 7.94. The lowest BCUT2D eigenvalue weighted by Gasteiger charge is -2.11. The van der Waals surface area contributed by atoms with Crippen LogP contribution in [-0.4, -0.2) is 25.1 Å². The van der Waals surface area contributed by atoms with Crippen LogP contribution in [0.25, 0.3) is 0 Å². The van der Waals surface area contributed by atoms with E-state index in [0.29, 0.717) is 13.1 Å². The first-order valence-electron chi connectivity index (χ1n) is 7.12. The number of hydrogen-bond donors (Lipinski definition) is 2. The summed E-state index contributed by atoms with van der Waals surface area (Å²) in [5.74, 6) is 1.63. The Morgan fingerprint density at radius 3 is 2.35 bits per heavy atom. The van der Waals surface area contributed by atoms with E-state index in [1.165, 1.54) is 10.4 Å². The van der Waals surface area contributed by atoms with Crippen molar-refractivity contribution in [3.8, 4) is 5.75 Å². The Labute approximate surface area is 158 Å². The minimum atomic E-state index is 0. The fraction of sp³-hybridized carbons (Fsp3) is 0.375. The molecule has 0 saturated carbocycles. The van der Waals surface area contributed by atoms with Crippen molar-refractivity contribution in [3.63, 3.8) is 0 Å². The molecular formula is C16H23IN4OS. The van der Waals surface area contributed by atoms with Crippen molar-refractivity contribution in [2.45, 2.75) is 26.9 Å². The number of ether oxygens (including phenoxy) is 1. The molecule has 2 rings (SSSR count). The number of halogens is 1. The number of guanidine groups is 1. The highest BCUT2D eigenvalue weighted by Crippen LogP contribution is 2.16. The number of aryl methyl sites for hydroxylation is 2. The van der Waals surface area contributed by atoms with Crippen molar-refractivity contribution in [1.82, 2.24) is 15.6 Å². The third kappa shape index (κ3) is 5.98. The summed E-state index contributed by atoms with van der Waals surface area (Å²) in [6, 6.07) is 7.97. The van der Waals surface area contributed by atoms with Crippen LogP contribution in [0.15, 0.2) is 29.3 Å². The number of thiazole rings is 1. The largest absolute Gasteiger partial charge is 0.497 e. The lowest BCUT2D eigenvalue weighted by Crippen LogP contribution is -2.36. The number of methoxy groups -OCH3 is 1. The van der Waals surface area contributed by atoms with E-state index in [9.17, 15) is 0 Å². The van der Waals surface area contributed by atoms with Gasteiger partial charge in [-0.25, -0.2) is 4.98 Å². The minimum Gasteiger partial charge on any atom is -0.497 e. The molecule has 0 radical (unpaired) electrons. The number of benzene rings is 1. The van der Waals surface area contributed by atoms with Crippen LogP contribution in [0, 0.1) is 13.8 Å². The first-order chi connectivity index (χ1) is 10.6. The van der Waals surface area contributed by atoms with Gasteiger partial charge in [0.15, 0.2) is 5.96 Å². The normalized spacial score (nSPS) is 10.9. The molecule has 23 heavy (non-hydrogen) atoms. The molecule has 2 N–H and O–H groups in total. The minimum absolute atomic E-state index is 0. The maximum Gasteiger partial charge on any atom is 0.191 e. The molecule has 0 spiro atoms. The summed E-state index contributed by atoms with van der Waals surface area (Å²) in [6.45, 7) is 5.51. The summed E-state index contributed by atoms with van der Waals surface area (Å²) < 4.78 is 5.15. The Balaban J connectivity index is 0.00000264. The van der Waals surface area contributed by atoms with Gasteiger partial charge in [-0.1, -0.05) is 12.1 Å². The van der Waals surface area contributed by atoms with Crippen molar-refractivity contribution < 1.29 is 4.74 Å². The van der Waals surface area contributed by atoms with Crippen LogP contribution in [0.4, 0.5) is 0 Å². The molecule has 5 nitrogen and oxygen atoms in total. The smallest absolute Gasteiger partial charge is 0.191 e. The van der Waals surface area contributed by atoms with Crippen LogP contribution in [-0.2, 0) is 13.1 Å². The van der Waals surface area contributed by atoms with Crippen molar-refractivity contribution in [2.24, 2.45) is 4.99 Å². The molecule has 7 heteroatoms. The number of nitrogens with one attached hydrogen (secondary N) is 2. The number of aliphatic imine (C=N–C) groups is 1. The predicted molar refractivity (Wildman–Crippen MR) is 107 cm³/mol. The standard InChI is InChI=1S/C16H22N4OS.HI/c1-11-12(2)22-15(20-11)10-19-16(17-3)18-9-13-5-7-14(21-4)8-6-13;/h5-8H,9-10H2,1-4H3,(H2,17,18,19);1H. The van der Waals surface area contributed by atoms with Gasteiger partial charge in [0.05, 0.1) is 19.3 Å². The highest BCUT2D eigenvalue weighted by molar-refractivity contribution is 14.0. The summed E-state index contributed by atoms with van der Waals surface area (Å²) in [5, 5.41) is 7.64. The summed E-state index contributed by atoms with van der Waals surface area (Å²) in [7, 11) is 3.43. The molecule has 0 aliphatic rings. The van der Waals surface area contributed by atoms with E-state index in [4.69, 9.17) is 4.74 Å². The Kier molecular flexibility index (Phi) is 8.32. The first kappa shape index (κ1) is 19.7. The predicted octanol–water partition coefficient (Wildman–Crippen LogP) is 3.25. The van der Waals surface area contributed by atoms with E-state index in [1.807, 2.05) is 31.2 Å². The molecule has 0 aliphatic carbocycles. The van der Waals surface area contributed by atoms with Gasteiger partial charge in [0.25, 0.3) is 0 Å². The van der Waals surface area contributed by atoms with Crippen LogP contribution in [0.5, 0.6) is 5.75 Å². The number of nitrogens with zero attached hydrogens (tertiary/aromatic N) is 2. The van der Waals surface area contributed by atoms with Crippen molar-refractivity contribution in [2.75, 3.05) is 14.2 Å². The fourth-order valence-corrected chi connectivity index (χ4v) is 2.80. The molecule has 0 saturated heterocycles. The van der Waals surface area contributed by atoms with Crippen LogP contribution in [0.3, 0.4) is 0 Å². The van der Waals surface area contributed by atoms with E-state index in [0.717, 1.165) is 22.4 Å². The SMILES string of the molecule is CN=C(NCc1ccc(OC)cc1)NCc1nc(C)c(C)s1.I. The van der Waals surface area contributed by atoms with Crippen molar-refractivity contribution in [3.05, 3.63) is 45.4 Å². The summed E-state index contributed by atoms with van der Waals surface area (Å²) in [6.07, 6.45) is 0. The van der Waals surface area contributed by atoms with E-state index in [1.54, 1.807) is 25.5 Å².